The van der Waals surface area contributed by atoms with Crippen LogP contribution in [-0.4, -0.2) is 32.8 Å². The van der Waals surface area contributed by atoms with Crippen molar-refractivity contribution in [3.63, 3.8) is 0 Å². The van der Waals surface area contributed by atoms with Crippen molar-refractivity contribution in [2.45, 2.75) is 76.9 Å². The van der Waals surface area contributed by atoms with Crippen molar-refractivity contribution in [3.8, 4) is 0 Å². The molecule has 6 nitrogen and oxygen atoms in total. The molecule has 1 amide bonds. The average molecular weight is 418 g/mol. The Balaban J connectivity index is 1.43. The Bertz CT molecular complexity index is 1060. The highest BCUT2D eigenvalue weighted by atomic mass is 16.1. The summed E-state index contributed by atoms with van der Waals surface area (Å²) >= 11 is 0. The van der Waals surface area contributed by atoms with Crippen LogP contribution in [0.2, 0.25) is 0 Å². The lowest BCUT2D eigenvalue weighted by Gasteiger charge is -2.21. The number of nitrogens with zero attached hydrogens (tertiary/aromatic N) is 3. The topological polar surface area (TPSA) is 71.8 Å². The number of carbonyl (C=O) groups excluding carboxylic acids is 1. The number of hydrogen-bond donors (Lipinski definition) is 2. The van der Waals surface area contributed by atoms with Crippen LogP contribution in [0.3, 0.4) is 0 Å². The Labute approximate surface area is 183 Å². The van der Waals surface area contributed by atoms with Crippen LogP contribution in [0, 0.1) is 0 Å². The van der Waals surface area contributed by atoms with Gasteiger partial charge >= 0.3 is 0 Å². The lowest BCUT2D eigenvalue weighted by atomic mass is 10.1. The zero-order valence-corrected chi connectivity index (χ0v) is 18.2. The first-order chi connectivity index (χ1) is 15.2. The van der Waals surface area contributed by atoms with Gasteiger partial charge in [-0.2, -0.15) is 5.10 Å². The molecule has 5 rings (SSSR count). The van der Waals surface area contributed by atoms with Crippen molar-refractivity contribution in [1.29, 1.82) is 0 Å². The number of rotatable bonds is 5. The van der Waals surface area contributed by atoms with Crippen molar-refractivity contribution in [3.05, 3.63) is 53.3 Å². The van der Waals surface area contributed by atoms with Gasteiger partial charge in [0.25, 0.3) is 5.91 Å². The van der Waals surface area contributed by atoms with Crippen LogP contribution < -0.4 is 10.6 Å². The van der Waals surface area contributed by atoms with Gasteiger partial charge in [0.05, 0.1) is 22.8 Å². The van der Waals surface area contributed by atoms with Crippen LogP contribution in [0.25, 0.3) is 11.0 Å². The van der Waals surface area contributed by atoms with Crippen LogP contribution in [0.1, 0.15) is 66.9 Å². The highest BCUT2D eigenvalue weighted by Gasteiger charge is 2.26. The van der Waals surface area contributed by atoms with Gasteiger partial charge in [0.1, 0.15) is 0 Å². The molecule has 0 radical (unpaired) electrons. The molecule has 2 aromatic heterocycles. The molecule has 2 aliphatic carbocycles. The van der Waals surface area contributed by atoms with Crippen LogP contribution >= 0.6 is 0 Å². The molecule has 1 saturated carbocycles. The molecule has 0 unspecified atom stereocenters. The number of amides is 1. The predicted octanol–water partition coefficient (Wildman–Crippen LogP) is 4.48. The molecule has 0 saturated heterocycles. The molecule has 3 aromatic rings. The second kappa shape index (κ2) is 8.69. The number of anilines is 1. The third-order valence-corrected chi connectivity index (χ3v) is 6.80. The second-order valence-corrected chi connectivity index (χ2v) is 8.92. The van der Waals surface area contributed by atoms with E-state index in [1.807, 2.05) is 10.9 Å². The van der Waals surface area contributed by atoms with E-state index in [-0.39, 0.29) is 11.9 Å². The van der Waals surface area contributed by atoms with E-state index in [9.17, 15) is 4.79 Å². The Kier molecular flexibility index (Phi) is 5.62. The molecule has 2 N–H and O–H groups in total. The van der Waals surface area contributed by atoms with Gasteiger partial charge in [-0.05, 0) is 43.7 Å². The zero-order chi connectivity index (χ0) is 21.2. The minimum Gasteiger partial charge on any atom is -0.381 e. The third-order valence-electron chi connectivity index (χ3n) is 6.80. The number of nitrogens with one attached hydrogen (secondary N) is 2. The fraction of sp³-hybridized carbons (Fsp3) is 0.480. The summed E-state index contributed by atoms with van der Waals surface area (Å²) in [5.74, 6) is -0.0485. The fourth-order valence-electron chi connectivity index (χ4n) is 5.14. The Morgan fingerprint density at radius 3 is 2.42 bits per heavy atom. The van der Waals surface area contributed by atoms with Crippen molar-refractivity contribution < 1.29 is 4.79 Å². The van der Waals surface area contributed by atoms with E-state index in [1.54, 1.807) is 6.20 Å². The van der Waals surface area contributed by atoms with Gasteiger partial charge in [-0.25, -0.2) is 9.67 Å². The monoisotopic (exact) mass is 417 g/mol. The molecule has 0 aliphatic heterocycles. The molecule has 2 heterocycles. The molecular formula is C25H31N5O. The van der Waals surface area contributed by atoms with Gasteiger partial charge in [0.2, 0.25) is 0 Å². The number of aromatic nitrogens is 3. The summed E-state index contributed by atoms with van der Waals surface area (Å²) in [6.07, 6.45) is 12.7. The van der Waals surface area contributed by atoms with Crippen molar-refractivity contribution in [2.24, 2.45) is 0 Å². The molecule has 0 atom stereocenters. The lowest BCUT2D eigenvalue weighted by molar-refractivity contribution is 0.0939. The van der Waals surface area contributed by atoms with Gasteiger partial charge < -0.3 is 10.6 Å². The van der Waals surface area contributed by atoms with E-state index >= 15 is 0 Å². The van der Waals surface area contributed by atoms with Gasteiger partial charge in [0.15, 0.2) is 5.65 Å². The van der Waals surface area contributed by atoms with Crippen LogP contribution in [0.5, 0.6) is 0 Å². The van der Waals surface area contributed by atoms with Crippen LogP contribution in [-0.2, 0) is 19.4 Å². The summed E-state index contributed by atoms with van der Waals surface area (Å²) < 4.78 is 1.89. The van der Waals surface area contributed by atoms with Gasteiger partial charge in [-0.1, -0.05) is 49.9 Å². The first-order valence-electron chi connectivity index (χ1n) is 11.7. The van der Waals surface area contributed by atoms with Crippen molar-refractivity contribution in [1.82, 2.24) is 20.1 Å². The zero-order valence-electron chi connectivity index (χ0n) is 18.2. The van der Waals surface area contributed by atoms with E-state index in [4.69, 9.17) is 0 Å². The van der Waals surface area contributed by atoms with E-state index in [0.29, 0.717) is 11.6 Å². The van der Waals surface area contributed by atoms with E-state index in [0.717, 1.165) is 48.9 Å². The maximum atomic E-state index is 13.4. The minimum atomic E-state index is -0.0485. The molecule has 0 spiro atoms. The SMILES string of the molecule is CCn1ncc2c(NC3CCCCCC3)c(C(=O)NC3Cc4ccccc4C3)cnc21. The quantitative estimate of drug-likeness (QED) is 0.600. The Hall–Kier alpha value is -2.89. The molecule has 0 bridgehead atoms. The largest absolute Gasteiger partial charge is 0.381 e. The average Bonchev–Trinajstić information content (AvgIpc) is 3.29. The second-order valence-electron chi connectivity index (χ2n) is 8.92. The minimum absolute atomic E-state index is 0.0485. The van der Waals surface area contributed by atoms with Crippen molar-refractivity contribution in [2.75, 3.05) is 5.32 Å². The highest BCUT2D eigenvalue weighted by Crippen LogP contribution is 2.30. The summed E-state index contributed by atoms with van der Waals surface area (Å²) in [6.45, 7) is 2.82. The number of hydrogen-bond acceptors (Lipinski definition) is 4. The highest BCUT2D eigenvalue weighted by molar-refractivity contribution is 6.06. The molecule has 162 valence electrons. The number of carbonyl (C=O) groups is 1. The fourth-order valence-corrected chi connectivity index (χ4v) is 5.14. The molecule has 1 aromatic carbocycles. The molecule has 31 heavy (non-hydrogen) atoms. The molecule has 2 aliphatic rings. The normalized spacial score (nSPS) is 17.5. The van der Waals surface area contributed by atoms with E-state index in [1.165, 1.54) is 36.8 Å². The Morgan fingerprint density at radius 1 is 1.03 bits per heavy atom. The summed E-state index contributed by atoms with van der Waals surface area (Å²) in [4.78, 5) is 18.0. The van der Waals surface area contributed by atoms with Crippen LogP contribution in [0.4, 0.5) is 5.69 Å². The molecule has 1 fully saturated rings. The summed E-state index contributed by atoms with van der Waals surface area (Å²) in [5, 5.41) is 12.4. The first-order valence-corrected chi connectivity index (χ1v) is 11.7. The summed E-state index contributed by atoms with van der Waals surface area (Å²) in [7, 11) is 0. The lowest BCUT2D eigenvalue weighted by Crippen LogP contribution is -2.36. The summed E-state index contributed by atoms with van der Waals surface area (Å²) in [6, 6.07) is 8.98. The van der Waals surface area contributed by atoms with E-state index in [2.05, 4.69) is 51.9 Å². The molecular weight excluding hydrogens is 386 g/mol. The number of benzene rings is 1. The van der Waals surface area contributed by atoms with Crippen LogP contribution in [0.15, 0.2) is 36.7 Å². The predicted molar refractivity (Wildman–Crippen MR) is 123 cm³/mol. The summed E-state index contributed by atoms with van der Waals surface area (Å²) in [5.41, 5.74) is 5.03. The van der Waals surface area contributed by atoms with E-state index < -0.39 is 0 Å². The smallest absolute Gasteiger partial charge is 0.255 e. The maximum Gasteiger partial charge on any atom is 0.255 e. The van der Waals surface area contributed by atoms with Gasteiger partial charge in [0, 0.05) is 24.8 Å². The van der Waals surface area contributed by atoms with Gasteiger partial charge in [-0.15, -0.1) is 0 Å². The number of fused-ring (bicyclic) bond motifs is 2. The molecule has 6 heteroatoms. The number of pyridine rings is 1. The standard InChI is InChI=1S/C25H31N5O/c1-2-30-24-21(16-27-30)23(28-19-11-5-3-4-6-12-19)22(15-26-24)25(31)29-20-13-17-9-7-8-10-18(17)14-20/h7-10,15-16,19-20H,2-6,11-14H2,1H3,(H,26,28)(H,29,31). The Morgan fingerprint density at radius 2 is 1.74 bits per heavy atom. The maximum absolute atomic E-state index is 13.4. The number of aryl methyl sites for hydroxylation is 1. The van der Waals surface area contributed by atoms with Crippen molar-refractivity contribution >= 4 is 22.6 Å². The third kappa shape index (κ3) is 4.03. The van der Waals surface area contributed by atoms with Gasteiger partial charge in [-0.3, -0.25) is 4.79 Å². The first kappa shape index (κ1) is 20.0.